The molecular weight excluding hydrogens is 1010 g/mol. The Morgan fingerprint density at radius 2 is 0.492 bits per heavy atom. The summed E-state index contributed by atoms with van der Waals surface area (Å²) in [6, 6.07) is 0. The van der Waals surface area contributed by atoms with E-state index in [1.165, 1.54) is 0 Å². The maximum atomic E-state index is 14.3. The van der Waals surface area contributed by atoms with Crippen molar-refractivity contribution in [2.45, 2.75) is 108 Å². The second-order valence-electron chi connectivity index (χ2n) is 10.5. The number of hydrogen-bond acceptors (Lipinski definition) is 4. The number of carbonyl (C=O) groups excluding carboxylic acids is 1. The highest BCUT2D eigenvalue weighted by molar-refractivity contribution is 5.79. The van der Waals surface area contributed by atoms with E-state index in [-0.39, 0.29) is 0 Å². The van der Waals surface area contributed by atoms with Gasteiger partial charge < -0.3 is 4.74 Å². The number of ether oxygens (including phenoxy) is 3. The number of hydrogen-bond donors (Lipinski definition) is 0. The molecule has 0 aliphatic carbocycles. The Bertz CT molecular complexity index is 1590. The minimum atomic E-state index is -10.2. The highest BCUT2D eigenvalue weighted by atomic mass is 19.5. The van der Waals surface area contributed by atoms with Crippen molar-refractivity contribution >= 4 is 5.97 Å². The van der Waals surface area contributed by atoms with Crippen molar-refractivity contribution in [1.82, 2.24) is 0 Å². The van der Waals surface area contributed by atoms with Crippen molar-refractivity contribution in [3.63, 3.8) is 0 Å². The van der Waals surface area contributed by atoms with E-state index in [1.54, 1.807) is 0 Å². The van der Waals surface area contributed by atoms with Crippen molar-refractivity contribution in [3.05, 3.63) is 0 Å². The molecule has 0 amide bonds. The highest BCUT2D eigenvalue weighted by Crippen LogP contribution is 2.67. The Hall–Kier alpha value is -3.27. The normalized spacial score (nSPS) is 18.5. The molecule has 4 nitrogen and oxygen atoms in total. The number of esters is 1. The lowest BCUT2D eigenvalue weighted by Gasteiger charge is -2.45. The molecule has 0 aromatic heterocycles. The molecule has 0 saturated carbocycles. The minimum Gasteiger partial charge on any atom is -0.392 e. The van der Waals surface area contributed by atoms with Crippen molar-refractivity contribution in [3.8, 4) is 0 Å². The van der Waals surface area contributed by atoms with Crippen molar-refractivity contribution in [2.75, 3.05) is 0 Å². The van der Waals surface area contributed by atoms with Gasteiger partial charge in [0.25, 0.3) is 0 Å². The van der Waals surface area contributed by atoms with Crippen LogP contribution in [0.4, 0.5) is 167 Å². The first-order valence-electron chi connectivity index (χ1n) is 12.4. The largest absolute Gasteiger partial charge is 0.471 e. The zero-order chi connectivity index (χ0) is 50.7. The second kappa shape index (κ2) is 14.4. The fraction of sp³-hybridized carbons (Fsp3) is 0.947. The van der Waals surface area contributed by atoms with E-state index in [4.69, 9.17) is 0 Å². The molecule has 2 unspecified atom stereocenters. The summed E-state index contributed by atoms with van der Waals surface area (Å²) >= 11 is 0. The summed E-state index contributed by atoms with van der Waals surface area (Å²) in [4.78, 5) is 11.2. The molecule has 0 N–H and O–H groups in total. The Kier molecular flexibility index (Phi) is 13.6. The Balaban J connectivity index is 7.68. The minimum absolute atomic E-state index is 0.600. The zero-order valence-corrected chi connectivity index (χ0v) is 25.5. The number of halogens is 38. The molecule has 2 atom stereocenters. The quantitative estimate of drug-likeness (QED) is 0.114. The Labute approximate surface area is 301 Å². The SMILES string of the molecule is O=C(OC(F)(F)C(F)(OC(F)(F)C(F)(F)C(F)(F)C(F)(F)C(F)(F)C(F)(F)C(F)(F)C(F)(F)C(F)(F)C(F)(F)F)C(F)(F)F)C(F)(OC(F)(F)C(F)(F)C(F)(F)F)C(F)(F)F. The first-order valence-corrected chi connectivity index (χ1v) is 12.4. The van der Waals surface area contributed by atoms with Crippen molar-refractivity contribution < 1.29 is 186 Å². The molecule has 0 rings (SSSR count). The van der Waals surface area contributed by atoms with Gasteiger partial charge in [-0.3, -0.25) is 9.47 Å². The van der Waals surface area contributed by atoms with Crippen LogP contribution in [-0.2, 0) is 19.0 Å². The fourth-order valence-corrected chi connectivity index (χ4v) is 2.94. The molecule has 61 heavy (non-hydrogen) atoms. The summed E-state index contributed by atoms with van der Waals surface area (Å²) in [5.74, 6) is -111. The summed E-state index contributed by atoms with van der Waals surface area (Å²) in [5, 5.41) is 0. The number of carbonyl (C=O) groups is 1. The number of alkyl halides is 38. The molecule has 0 bridgehead atoms. The fourth-order valence-electron chi connectivity index (χ4n) is 2.94. The molecule has 42 heteroatoms. The summed E-state index contributed by atoms with van der Waals surface area (Å²) in [6.45, 7) is 0. The van der Waals surface area contributed by atoms with Gasteiger partial charge in [-0.05, 0) is 0 Å². The Morgan fingerprint density at radius 1 is 0.246 bits per heavy atom. The predicted octanol–water partition coefficient (Wildman–Crippen LogP) is 11.6. The molecule has 0 spiro atoms. The van der Waals surface area contributed by atoms with Crippen LogP contribution in [0.15, 0.2) is 0 Å². The van der Waals surface area contributed by atoms with Gasteiger partial charge in [0.1, 0.15) is 0 Å². The van der Waals surface area contributed by atoms with E-state index < -0.39 is 114 Å². The Morgan fingerprint density at radius 3 is 0.738 bits per heavy atom. The first-order chi connectivity index (χ1) is 25.5. The van der Waals surface area contributed by atoms with Crippen LogP contribution in [0.5, 0.6) is 0 Å². The second-order valence-corrected chi connectivity index (χ2v) is 10.5. The summed E-state index contributed by atoms with van der Waals surface area (Å²) in [6.07, 6.45) is -61.2. The monoisotopic (exact) mass is 1010 g/mol. The van der Waals surface area contributed by atoms with Gasteiger partial charge in [0, 0.05) is 0 Å². The summed E-state index contributed by atoms with van der Waals surface area (Å²) < 4.78 is 506. The van der Waals surface area contributed by atoms with Crippen LogP contribution >= 0.6 is 0 Å². The van der Waals surface area contributed by atoms with Gasteiger partial charge in [0.2, 0.25) is 0 Å². The van der Waals surface area contributed by atoms with E-state index in [2.05, 4.69) is 0 Å². The van der Waals surface area contributed by atoms with Gasteiger partial charge in [-0.15, -0.1) is 0 Å². The molecule has 0 fully saturated rings. The first kappa shape index (κ1) is 57.7. The smallest absolute Gasteiger partial charge is 0.392 e. The molecule has 366 valence electrons. The molecule has 0 aromatic carbocycles. The van der Waals surface area contributed by atoms with Crippen LogP contribution in [0.3, 0.4) is 0 Å². The standard InChI is InChI=1S/C19F38O4/c20-2(13(40,41)42,60-18(54,55)11(37,38)15(46,47)48)1(58)59-19(56,57)12(39,16(49,50)51)61-17(52,53)10(35,36)8(31,32)6(27,28)4(23,24)3(21,22)5(25,26)7(29,30)9(33,34)14(43,44)45. The molecule has 0 heterocycles. The molecule has 0 aliphatic heterocycles. The third-order valence-corrected chi connectivity index (χ3v) is 6.33. The molecule has 0 aliphatic rings. The topological polar surface area (TPSA) is 44.8 Å². The van der Waals surface area contributed by atoms with Crippen molar-refractivity contribution in [1.29, 1.82) is 0 Å². The van der Waals surface area contributed by atoms with Crippen LogP contribution in [-0.4, -0.2) is 114 Å². The third kappa shape index (κ3) is 8.00. The molecule has 0 saturated heterocycles. The van der Waals surface area contributed by atoms with Gasteiger partial charge in [0.15, 0.2) is 0 Å². The lowest BCUT2D eigenvalue weighted by Crippen LogP contribution is -2.77. The highest BCUT2D eigenvalue weighted by Gasteiger charge is 2.99. The van der Waals surface area contributed by atoms with E-state index >= 15 is 0 Å². The zero-order valence-electron chi connectivity index (χ0n) is 25.5. The summed E-state index contributed by atoms with van der Waals surface area (Å²) in [7, 11) is 0. The van der Waals surface area contributed by atoms with E-state index in [9.17, 15) is 172 Å². The van der Waals surface area contributed by atoms with Crippen LogP contribution < -0.4 is 0 Å². The van der Waals surface area contributed by atoms with Gasteiger partial charge in [-0.1, -0.05) is 0 Å². The number of rotatable bonds is 16. The van der Waals surface area contributed by atoms with Crippen LogP contribution in [0, 0.1) is 0 Å². The van der Waals surface area contributed by atoms with Crippen LogP contribution in [0.2, 0.25) is 0 Å². The van der Waals surface area contributed by atoms with Gasteiger partial charge in [-0.25, -0.2) is 4.79 Å². The average Bonchev–Trinajstić information content (AvgIpc) is 2.96. The maximum Gasteiger partial charge on any atom is 0.471 e. The van der Waals surface area contributed by atoms with Crippen LogP contribution in [0.1, 0.15) is 0 Å². The molecule has 0 aromatic rings. The lowest BCUT2D eigenvalue weighted by atomic mass is 9.87. The average molecular weight is 1010 g/mol. The van der Waals surface area contributed by atoms with Gasteiger partial charge in [0.05, 0.1) is 0 Å². The van der Waals surface area contributed by atoms with Gasteiger partial charge in [-0.2, -0.15) is 167 Å². The lowest BCUT2D eigenvalue weighted by molar-refractivity contribution is -0.537. The van der Waals surface area contributed by atoms with Crippen molar-refractivity contribution in [2.24, 2.45) is 0 Å². The van der Waals surface area contributed by atoms with E-state index in [0.717, 1.165) is 9.47 Å². The van der Waals surface area contributed by atoms with Gasteiger partial charge >= 0.3 is 114 Å². The van der Waals surface area contributed by atoms with E-state index in [0.29, 0.717) is 4.74 Å². The molecular formula is C19F38O4. The molecule has 0 radical (unpaired) electrons. The maximum absolute atomic E-state index is 14.3. The predicted molar refractivity (Wildman–Crippen MR) is 99.5 cm³/mol. The van der Waals surface area contributed by atoms with E-state index in [1.807, 2.05) is 0 Å². The third-order valence-electron chi connectivity index (χ3n) is 6.33. The summed E-state index contributed by atoms with van der Waals surface area (Å²) in [5.41, 5.74) is 0. The van der Waals surface area contributed by atoms with Crippen LogP contribution in [0.25, 0.3) is 0 Å².